The number of nitrogens with zero attached hydrogens (tertiary/aromatic N) is 2. The van der Waals surface area contributed by atoms with Crippen LogP contribution in [0.15, 0.2) is 53.4 Å². The molecule has 174 valence electrons. The van der Waals surface area contributed by atoms with Crippen LogP contribution in [-0.2, 0) is 22.3 Å². The van der Waals surface area contributed by atoms with Gasteiger partial charge in [-0.1, -0.05) is 25.1 Å². The zero-order valence-corrected chi connectivity index (χ0v) is 18.8. The van der Waals surface area contributed by atoms with Crippen LogP contribution in [0.2, 0.25) is 0 Å². The fourth-order valence-corrected chi connectivity index (χ4v) is 3.71. The molecule has 0 bridgehead atoms. The van der Waals surface area contributed by atoms with Crippen LogP contribution in [-0.4, -0.2) is 26.6 Å². The molecule has 2 N–H and O–H groups in total. The Kier molecular flexibility index (Phi) is 6.73. The van der Waals surface area contributed by atoms with E-state index < -0.39 is 44.5 Å². The van der Waals surface area contributed by atoms with E-state index in [9.17, 15) is 22.2 Å². The molecule has 0 aliphatic rings. The van der Waals surface area contributed by atoms with Gasteiger partial charge in [0.2, 0.25) is 0 Å². The number of amides is 1. The number of alkyl halides is 3. The molecule has 3 aromatic rings. The summed E-state index contributed by atoms with van der Waals surface area (Å²) in [5, 5.41) is 9.24. The van der Waals surface area contributed by atoms with Crippen molar-refractivity contribution in [2.24, 2.45) is 0 Å². The number of benzene rings is 2. The predicted octanol–water partition coefficient (Wildman–Crippen LogP) is 5.45. The lowest BCUT2D eigenvalue weighted by atomic mass is 10.1. The van der Waals surface area contributed by atoms with Gasteiger partial charge in [-0.2, -0.15) is 13.2 Å². The molecule has 1 atom stereocenters. The number of hydrogen-bond acceptors (Lipinski definition) is 6. The van der Waals surface area contributed by atoms with Crippen molar-refractivity contribution in [2.45, 2.75) is 31.3 Å². The fraction of sp³-hybridized carbons (Fsp3) is 0.227. The first kappa shape index (κ1) is 24.2. The molecular formula is C22H21F3N4O3S. The third-order valence-electron chi connectivity index (χ3n) is 4.77. The fourth-order valence-electron chi connectivity index (χ4n) is 3.02. The van der Waals surface area contributed by atoms with Crippen molar-refractivity contribution in [1.29, 1.82) is 4.78 Å². The zero-order valence-electron chi connectivity index (χ0n) is 18.0. The smallest absolute Gasteiger partial charge is 0.435 e. The first-order valence-electron chi connectivity index (χ1n) is 9.76. The lowest BCUT2D eigenvalue weighted by molar-refractivity contribution is -0.142. The van der Waals surface area contributed by atoms with Crippen LogP contribution in [0, 0.1) is 11.7 Å². The summed E-state index contributed by atoms with van der Waals surface area (Å²) in [7, 11) is -3.06. The van der Waals surface area contributed by atoms with Crippen molar-refractivity contribution in [2.75, 3.05) is 11.6 Å². The van der Waals surface area contributed by atoms with Gasteiger partial charge in [0, 0.05) is 16.8 Å². The summed E-state index contributed by atoms with van der Waals surface area (Å²) in [6.45, 7) is 3.08. The van der Waals surface area contributed by atoms with Gasteiger partial charge in [-0.05, 0) is 54.8 Å². The number of anilines is 1. The molecular weight excluding hydrogens is 457 g/mol. The maximum atomic E-state index is 13.4. The summed E-state index contributed by atoms with van der Waals surface area (Å²) in [5.74, 6) is -1.03. The van der Waals surface area contributed by atoms with E-state index in [0.29, 0.717) is 0 Å². The van der Waals surface area contributed by atoms with Gasteiger partial charge < -0.3 is 10.1 Å². The Morgan fingerprint density at radius 2 is 1.82 bits per heavy atom. The highest BCUT2D eigenvalue weighted by Crippen LogP contribution is 2.35. The molecule has 7 nitrogen and oxygen atoms in total. The first-order chi connectivity index (χ1) is 15.4. The average molecular weight is 478 g/mol. The summed E-state index contributed by atoms with van der Waals surface area (Å²) in [4.78, 5) is 13.2. The minimum Gasteiger partial charge on any atom is -0.437 e. The van der Waals surface area contributed by atoms with Crippen LogP contribution in [0.1, 0.15) is 34.1 Å². The molecule has 0 fully saturated rings. The van der Waals surface area contributed by atoms with Crippen LogP contribution in [0.3, 0.4) is 0 Å². The monoisotopic (exact) mass is 478 g/mol. The Morgan fingerprint density at radius 1 is 1.15 bits per heavy atom. The number of hydrogen-bond donors (Lipinski definition) is 2. The first-order valence-corrected chi connectivity index (χ1v) is 11.7. The van der Waals surface area contributed by atoms with Crippen molar-refractivity contribution in [1.82, 2.24) is 10.2 Å². The molecule has 11 heteroatoms. The lowest BCUT2D eigenvalue weighted by Gasteiger charge is -2.16. The summed E-state index contributed by atoms with van der Waals surface area (Å²) in [5.41, 5.74) is -1.02. The second kappa shape index (κ2) is 9.18. The highest BCUT2D eigenvalue weighted by Gasteiger charge is 2.38. The van der Waals surface area contributed by atoms with Gasteiger partial charge in [0.15, 0.2) is 5.69 Å². The highest BCUT2D eigenvalue weighted by molar-refractivity contribution is 7.91. The van der Waals surface area contributed by atoms with Crippen molar-refractivity contribution in [3.8, 4) is 11.6 Å². The summed E-state index contributed by atoms with van der Waals surface area (Å²) in [6.07, 6.45) is -2.82. The van der Waals surface area contributed by atoms with Gasteiger partial charge in [0.25, 0.3) is 11.8 Å². The van der Waals surface area contributed by atoms with E-state index in [4.69, 9.17) is 9.52 Å². The second-order valence-electron chi connectivity index (χ2n) is 7.28. The molecule has 2 aromatic carbocycles. The van der Waals surface area contributed by atoms with E-state index in [2.05, 4.69) is 15.5 Å². The lowest BCUT2D eigenvalue weighted by Crippen LogP contribution is -2.21. The molecule has 0 aliphatic heterocycles. The van der Waals surface area contributed by atoms with Crippen molar-refractivity contribution in [3.63, 3.8) is 0 Å². The molecule has 0 saturated carbocycles. The number of carbonyl (C=O) groups is 1. The SMILES string of the molecule is CCc1ccc(Oc2nnc(C(F)(F)F)c(C)c2C(=O)Nc2cccc(S(C)(=N)=O)c2)cc1. The van der Waals surface area contributed by atoms with Gasteiger partial charge in [-0.15, -0.1) is 10.2 Å². The number of ether oxygens (including phenoxy) is 1. The van der Waals surface area contributed by atoms with Gasteiger partial charge in [-0.25, -0.2) is 8.99 Å². The number of aromatic nitrogens is 2. The minimum absolute atomic E-state index is 0.155. The summed E-state index contributed by atoms with van der Waals surface area (Å²) < 4.78 is 65.6. The maximum absolute atomic E-state index is 13.4. The van der Waals surface area contributed by atoms with E-state index in [1.165, 1.54) is 30.5 Å². The van der Waals surface area contributed by atoms with E-state index in [1.807, 2.05) is 6.92 Å². The minimum atomic E-state index is -4.83. The van der Waals surface area contributed by atoms with E-state index in [1.54, 1.807) is 24.3 Å². The van der Waals surface area contributed by atoms with Crippen molar-refractivity contribution >= 4 is 21.3 Å². The molecule has 1 unspecified atom stereocenters. The maximum Gasteiger partial charge on any atom is 0.435 e. The number of carbonyl (C=O) groups excluding carboxylic acids is 1. The molecule has 0 aliphatic carbocycles. The average Bonchev–Trinajstić information content (AvgIpc) is 2.73. The van der Waals surface area contributed by atoms with Crippen LogP contribution >= 0.6 is 0 Å². The number of aryl methyl sites for hydroxylation is 1. The Balaban J connectivity index is 2.04. The van der Waals surface area contributed by atoms with Crippen molar-refractivity contribution < 1.29 is 26.9 Å². The standard InChI is InChI=1S/C22H21F3N4O3S/c1-4-14-8-10-16(11-9-14)32-21-18(13(2)19(28-29-21)22(23,24)25)20(30)27-15-6-5-7-17(12-15)33(3,26)31/h5-12,26H,4H2,1-3H3,(H,27,30). The van der Waals surface area contributed by atoms with Crippen LogP contribution in [0.5, 0.6) is 11.6 Å². The molecule has 33 heavy (non-hydrogen) atoms. The topological polar surface area (TPSA) is 105 Å². The summed E-state index contributed by atoms with van der Waals surface area (Å²) >= 11 is 0. The Morgan fingerprint density at radius 3 is 2.39 bits per heavy atom. The quantitative estimate of drug-likeness (QED) is 0.490. The second-order valence-corrected chi connectivity index (χ2v) is 9.44. The normalized spacial score (nSPS) is 13.3. The third kappa shape index (κ3) is 5.67. The molecule has 0 saturated heterocycles. The van der Waals surface area contributed by atoms with Crippen LogP contribution < -0.4 is 10.1 Å². The number of rotatable bonds is 6. The van der Waals surface area contributed by atoms with E-state index >= 15 is 0 Å². The molecule has 3 rings (SSSR count). The third-order valence-corrected chi connectivity index (χ3v) is 5.92. The predicted molar refractivity (Wildman–Crippen MR) is 117 cm³/mol. The van der Waals surface area contributed by atoms with Gasteiger partial charge in [-0.3, -0.25) is 4.79 Å². The Bertz CT molecular complexity index is 1290. The van der Waals surface area contributed by atoms with Crippen LogP contribution in [0.25, 0.3) is 0 Å². The summed E-state index contributed by atoms with van der Waals surface area (Å²) in [6, 6.07) is 12.5. The molecule has 1 heterocycles. The van der Waals surface area contributed by atoms with Gasteiger partial charge >= 0.3 is 6.18 Å². The number of nitrogens with one attached hydrogen (secondary N) is 2. The molecule has 0 radical (unpaired) electrons. The van der Waals surface area contributed by atoms with E-state index in [0.717, 1.165) is 18.9 Å². The highest BCUT2D eigenvalue weighted by atomic mass is 32.2. The molecule has 1 aromatic heterocycles. The number of halogens is 3. The van der Waals surface area contributed by atoms with Crippen LogP contribution in [0.4, 0.5) is 18.9 Å². The van der Waals surface area contributed by atoms with Gasteiger partial charge in [0.05, 0.1) is 9.73 Å². The zero-order chi connectivity index (χ0) is 24.4. The van der Waals surface area contributed by atoms with Gasteiger partial charge in [0.1, 0.15) is 11.3 Å². The Labute approximate surface area is 189 Å². The largest absolute Gasteiger partial charge is 0.437 e. The molecule has 1 amide bonds. The van der Waals surface area contributed by atoms with E-state index in [-0.39, 0.29) is 16.3 Å². The molecule has 0 spiro atoms. The Hall–Kier alpha value is -3.47. The van der Waals surface area contributed by atoms with Crippen molar-refractivity contribution in [3.05, 3.63) is 70.9 Å².